The van der Waals surface area contributed by atoms with Crippen molar-refractivity contribution in [2.45, 2.75) is 38.9 Å². The second-order valence-corrected chi connectivity index (χ2v) is 5.34. The summed E-state index contributed by atoms with van der Waals surface area (Å²) in [6.45, 7) is 9.44. The van der Waals surface area contributed by atoms with E-state index in [2.05, 4.69) is 6.58 Å². The molecule has 4 heteroatoms. The van der Waals surface area contributed by atoms with Gasteiger partial charge in [0.2, 0.25) is 0 Å². The Balaban J connectivity index is 2.15. The summed E-state index contributed by atoms with van der Waals surface area (Å²) >= 11 is 0. The number of allylic oxidation sites excluding steroid dienone is 1. The van der Waals surface area contributed by atoms with Crippen molar-refractivity contribution in [3.8, 4) is 0 Å². The summed E-state index contributed by atoms with van der Waals surface area (Å²) in [4.78, 5) is 12.0. The number of hydrogen-bond acceptors (Lipinski definition) is 4. The Bertz CT molecular complexity index is 333. The average Bonchev–Trinajstić information content (AvgIpc) is 2.77. The SMILES string of the molecule is C=C[C@@]1(C)CC2(CC[C@@H]1C(=O)OCC)OCCO2. The molecule has 102 valence electrons. The Morgan fingerprint density at radius 3 is 2.72 bits per heavy atom. The Hall–Kier alpha value is -0.870. The van der Waals surface area contributed by atoms with Crippen LogP contribution in [0.3, 0.4) is 0 Å². The lowest BCUT2D eigenvalue weighted by Gasteiger charge is -2.45. The second kappa shape index (κ2) is 5.02. The quantitative estimate of drug-likeness (QED) is 0.572. The molecule has 0 aromatic heterocycles. The van der Waals surface area contributed by atoms with E-state index in [-0.39, 0.29) is 17.3 Å². The van der Waals surface area contributed by atoms with Crippen molar-refractivity contribution in [1.82, 2.24) is 0 Å². The van der Waals surface area contributed by atoms with Crippen molar-refractivity contribution in [3.05, 3.63) is 12.7 Å². The minimum atomic E-state index is -0.508. The molecule has 2 fully saturated rings. The third kappa shape index (κ3) is 2.31. The molecule has 0 unspecified atom stereocenters. The maximum absolute atomic E-state index is 12.0. The highest BCUT2D eigenvalue weighted by Crippen LogP contribution is 2.49. The number of hydrogen-bond donors (Lipinski definition) is 0. The third-order valence-electron chi connectivity index (χ3n) is 4.11. The van der Waals surface area contributed by atoms with Gasteiger partial charge in [-0.3, -0.25) is 4.79 Å². The molecule has 2 aliphatic rings. The zero-order valence-electron chi connectivity index (χ0n) is 11.2. The monoisotopic (exact) mass is 254 g/mol. The number of ether oxygens (including phenoxy) is 3. The minimum Gasteiger partial charge on any atom is -0.466 e. The Kier molecular flexibility index (Phi) is 3.78. The Labute approximate surface area is 108 Å². The van der Waals surface area contributed by atoms with E-state index in [1.807, 2.05) is 19.9 Å². The zero-order chi connectivity index (χ0) is 13.2. The van der Waals surface area contributed by atoms with E-state index < -0.39 is 5.79 Å². The second-order valence-electron chi connectivity index (χ2n) is 5.34. The van der Waals surface area contributed by atoms with Crippen LogP contribution in [0.15, 0.2) is 12.7 Å². The predicted molar refractivity (Wildman–Crippen MR) is 66.9 cm³/mol. The van der Waals surface area contributed by atoms with E-state index in [9.17, 15) is 4.79 Å². The summed E-state index contributed by atoms with van der Waals surface area (Å²) < 4.78 is 16.7. The van der Waals surface area contributed by atoms with Crippen LogP contribution in [0.25, 0.3) is 0 Å². The van der Waals surface area contributed by atoms with Crippen LogP contribution in [0.2, 0.25) is 0 Å². The van der Waals surface area contributed by atoms with Crippen LogP contribution in [0, 0.1) is 11.3 Å². The van der Waals surface area contributed by atoms with Crippen LogP contribution < -0.4 is 0 Å². The third-order valence-corrected chi connectivity index (χ3v) is 4.11. The first kappa shape index (κ1) is 13.6. The smallest absolute Gasteiger partial charge is 0.309 e. The fourth-order valence-electron chi connectivity index (χ4n) is 3.07. The maximum atomic E-state index is 12.0. The van der Waals surface area contributed by atoms with Gasteiger partial charge in [-0.1, -0.05) is 13.0 Å². The first-order valence-electron chi connectivity index (χ1n) is 6.63. The van der Waals surface area contributed by atoms with Gasteiger partial charge in [0.05, 0.1) is 25.7 Å². The van der Waals surface area contributed by atoms with Gasteiger partial charge in [-0.2, -0.15) is 0 Å². The van der Waals surface area contributed by atoms with Crippen LogP contribution in [0.5, 0.6) is 0 Å². The van der Waals surface area contributed by atoms with Crippen molar-refractivity contribution < 1.29 is 19.0 Å². The van der Waals surface area contributed by atoms with Crippen LogP contribution in [0.1, 0.15) is 33.1 Å². The molecule has 0 aromatic carbocycles. The van der Waals surface area contributed by atoms with Crippen molar-refractivity contribution >= 4 is 5.97 Å². The normalized spacial score (nSPS) is 34.4. The van der Waals surface area contributed by atoms with Gasteiger partial charge in [0, 0.05) is 18.3 Å². The van der Waals surface area contributed by atoms with Crippen LogP contribution in [0.4, 0.5) is 0 Å². The fraction of sp³-hybridized carbons (Fsp3) is 0.786. The largest absolute Gasteiger partial charge is 0.466 e. The molecule has 2 rings (SSSR count). The molecule has 4 nitrogen and oxygen atoms in total. The van der Waals surface area contributed by atoms with E-state index in [4.69, 9.17) is 14.2 Å². The number of rotatable bonds is 3. The topological polar surface area (TPSA) is 44.8 Å². The van der Waals surface area contributed by atoms with Crippen LogP contribution in [-0.2, 0) is 19.0 Å². The van der Waals surface area contributed by atoms with Gasteiger partial charge < -0.3 is 14.2 Å². The molecule has 2 atom stereocenters. The predicted octanol–water partition coefficient (Wildman–Crippen LogP) is 2.29. The molecule has 1 saturated heterocycles. The highest BCUT2D eigenvalue weighted by atomic mass is 16.7. The highest BCUT2D eigenvalue weighted by Gasteiger charge is 2.52. The molecule has 1 spiro atoms. The summed E-state index contributed by atoms with van der Waals surface area (Å²) in [6.07, 6.45) is 3.99. The standard InChI is InChI=1S/C14H22O4/c1-4-13(3)10-14(17-8-9-18-14)7-6-11(13)12(15)16-5-2/h4,11H,1,5-10H2,2-3H3/t11-,13+/m1/s1. The highest BCUT2D eigenvalue weighted by molar-refractivity contribution is 5.74. The first-order chi connectivity index (χ1) is 8.55. The van der Waals surface area contributed by atoms with Gasteiger partial charge in [0.25, 0.3) is 0 Å². The summed E-state index contributed by atoms with van der Waals surface area (Å²) in [6, 6.07) is 0. The molecule has 0 N–H and O–H groups in total. The first-order valence-corrected chi connectivity index (χ1v) is 6.63. The number of carbonyl (C=O) groups is 1. The number of esters is 1. The van der Waals surface area contributed by atoms with Crippen LogP contribution in [-0.4, -0.2) is 31.6 Å². The molecule has 0 radical (unpaired) electrons. The van der Waals surface area contributed by atoms with Gasteiger partial charge in [-0.05, 0) is 13.3 Å². The molecular weight excluding hydrogens is 232 g/mol. The molecule has 1 saturated carbocycles. The number of carbonyl (C=O) groups excluding carboxylic acids is 1. The van der Waals surface area contributed by atoms with E-state index in [0.717, 1.165) is 12.8 Å². The lowest BCUT2D eigenvalue weighted by molar-refractivity contribution is -0.208. The van der Waals surface area contributed by atoms with Gasteiger partial charge >= 0.3 is 5.97 Å². The van der Waals surface area contributed by atoms with Crippen molar-refractivity contribution in [2.24, 2.45) is 11.3 Å². The van der Waals surface area contributed by atoms with Gasteiger partial charge in [0.1, 0.15) is 0 Å². The molecule has 1 aliphatic carbocycles. The molecule has 0 bridgehead atoms. The van der Waals surface area contributed by atoms with Gasteiger partial charge in [-0.15, -0.1) is 6.58 Å². The summed E-state index contributed by atoms with van der Waals surface area (Å²) in [5, 5.41) is 0. The Morgan fingerprint density at radius 1 is 1.50 bits per heavy atom. The van der Waals surface area contributed by atoms with Gasteiger partial charge in [0.15, 0.2) is 5.79 Å². The van der Waals surface area contributed by atoms with Crippen LogP contribution >= 0.6 is 0 Å². The van der Waals surface area contributed by atoms with E-state index in [1.54, 1.807) is 0 Å². The van der Waals surface area contributed by atoms with Gasteiger partial charge in [-0.25, -0.2) is 0 Å². The molecule has 0 amide bonds. The maximum Gasteiger partial charge on any atom is 0.309 e. The zero-order valence-corrected chi connectivity index (χ0v) is 11.2. The summed E-state index contributed by atoms with van der Waals surface area (Å²) in [5.74, 6) is -0.785. The molecule has 0 aromatic rings. The molecule has 18 heavy (non-hydrogen) atoms. The average molecular weight is 254 g/mol. The van der Waals surface area contributed by atoms with Crippen molar-refractivity contribution in [2.75, 3.05) is 19.8 Å². The lowest BCUT2D eigenvalue weighted by Crippen LogP contribution is -2.47. The molecular formula is C14H22O4. The fourth-order valence-corrected chi connectivity index (χ4v) is 3.07. The van der Waals surface area contributed by atoms with Crippen molar-refractivity contribution in [3.63, 3.8) is 0 Å². The lowest BCUT2D eigenvalue weighted by atomic mass is 9.65. The van der Waals surface area contributed by atoms with E-state index in [0.29, 0.717) is 26.2 Å². The summed E-state index contributed by atoms with van der Waals surface area (Å²) in [5.41, 5.74) is -0.325. The van der Waals surface area contributed by atoms with E-state index in [1.165, 1.54) is 0 Å². The van der Waals surface area contributed by atoms with E-state index >= 15 is 0 Å². The van der Waals surface area contributed by atoms with Crippen molar-refractivity contribution in [1.29, 1.82) is 0 Å². The Morgan fingerprint density at radius 2 is 2.17 bits per heavy atom. The minimum absolute atomic E-state index is 0.132. The summed E-state index contributed by atoms with van der Waals surface area (Å²) in [7, 11) is 0. The molecule has 1 heterocycles. The molecule has 1 aliphatic heterocycles.